The predicted molar refractivity (Wildman–Crippen MR) is 124 cm³/mol. The molecule has 10 nitrogen and oxygen atoms in total. The van der Waals surface area contributed by atoms with Crippen molar-refractivity contribution in [1.29, 1.82) is 0 Å². The second-order valence-electron chi connectivity index (χ2n) is 8.63. The number of imidazole rings is 1. The minimum Gasteiger partial charge on any atom is -0.359 e. The Bertz CT molecular complexity index is 1410. The van der Waals surface area contributed by atoms with Crippen molar-refractivity contribution in [3.8, 4) is 22.5 Å². The molecule has 0 spiro atoms. The van der Waals surface area contributed by atoms with Crippen molar-refractivity contribution in [2.24, 2.45) is 0 Å². The number of nitrogens with one attached hydrogen (secondary N) is 3. The first-order valence-electron chi connectivity index (χ1n) is 10.4. The Morgan fingerprint density at radius 3 is 2.55 bits per heavy atom. The van der Waals surface area contributed by atoms with Gasteiger partial charge in [0.05, 0.1) is 18.1 Å². The van der Waals surface area contributed by atoms with Crippen LogP contribution in [-0.4, -0.2) is 36.0 Å². The van der Waals surface area contributed by atoms with Gasteiger partial charge in [0, 0.05) is 34.5 Å². The summed E-state index contributed by atoms with van der Waals surface area (Å²) in [5.41, 5.74) is 4.86. The van der Waals surface area contributed by atoms with Gasteiger partial charge in [0.1, 0.15) is 17.1 Å². The van der Waals surface area contributed by atoms with Crippen LogP contribution in [0.1, 0.15) is 26.5 Å². The SMILES string of the molecule is CC(C)(C)c1cc(NC(=O)Nc2ccc(-c3cnc4cc(-c5cn[nH]n5)ccn34)cc2)no1. The summed E-state index contributed by atoms with van der Waals surface area (Å²) >= 11 is 0. The van der Waals surface area contributed by atoms with Gasteiger partial charge in [-0.15, -0.1) is 0 Å². The van der Waals surface area contributed by atoms with Crippen LogP contribution in [0.3, 0.4) is 0 Å². The molecule has 0 atom stereocenters. The number of carbonyl (C=O) groups is 1. The van der Waals surface area contributed by atoms with Crippen LogP contribution in [0.25, 0.3) is 28.2 Å². The Hall–Kier alpha value is -4.47. The Morgan fingerprint density at radius 1 is 1.03 bits per heavy atom. The molecule has 33 heavy (non-hydrogen) atoms. The van der Waals surface area contributed by atoms with Crippen LogP contribution in [0.4, 0.5) is 16.3 Å². The number of urea groups is 1. The first kappa shape index (κ1) is 20.4. The maximum Gasteiger partial charge on any atom is 0.324 e. The average Bonchev–Trinajstić information content (AvgIpc) is 3.54. The molecule has 0 saturated carbocycles. The molecule has 166 valence electrons. The number of rotatable bonds is 4. The molecule has 1 aromatic carbocycles. The van der Waals surface area contributed by atoms with Gasteiger partial charge in [-0.05, 0) is 24.3 Å². The first-order chi connectivity index (χ1) is 15.9. The van der Waals surface area contributed by atoms with Gasteiger partial charge in [-0.3, -0.25) is 9.72 Å². The number of hydrogen-bond donors (Lipinski definition) is 3. The molecule has 3 N–H and O–H groups in total. The van der Waals surface area contributed by atoms with E-state index in [9.17, 15) is 4.79 Å². The number of amides is 2. The Morgan fingerprint density at radius 2 is 1.85 bits per heavy atom. The largest absolute Gasteiger partial charge is 0.359 e. The third-order valence-corrected chi connectivity index (χ3v) is 5.15. The summed E-state index contributed by atoms with van der Waals surface area (Å²) in [6.07, 6.45) is 5.43. The van der Waals surface area contributed by atoms with Gasteiger partial charge in [0.2, 0.25) is 0 Å². The van der Waals surface area contributed by atoms with E-state index in [-0.39, 0.29) is 5.41 Å². The lowest BCUT2D eigenvalue weighted by atomic mass is 9.93. The number of nitrogens with zero attached hydrogens (tertiary/aromatic N) is 5. The zero-order valence-electron chi connectivity index (χ0n) is 18.3. The molecule has 4 aromatic heterocycles. The summed E-state index contributed by atoms with van der Waals surface area (Å²) < 4.78 is 7.29. The highest BCUT2D eigenvalue weighted by Gasteiger charge is 2.20. The second-order valence-corrected chi connectivity index (χ2v) is 8.63. The van der Waals surface area contributed by atoms with Crippen molar-refractivity contribution >= 4 is 23.2 Å². The highest BCUT2D eigenvalue weighted by atomic mass is 16.5. The molecule has 0 radical (unpaired) electrons. The Kier molecular flexibility index (Phi) is 4.89. The lowest BCUT2D eigenvalue weighted by molar-refractivity contribution is 0.262. The molecule has 0 aliphatic carbocycles. The van der Waals surface area contributed by atoms with Crippen LogP contribution >= 0.6 is 0 Å². The number of aromatic nitrogens is 6. The minimum absolute atomic E-state index is 0.186. The normalized spacial score (nSPS) is 11.6. The number of anilines is 2. The summed E-state index contributed by atoms with van der Waals surface area (Å²) in [6, 6.07) is 12.8. The average molecular weight is 442 g/mol. The quantitative estimate of drug-likeness (QED) is 0.370. The number of hydrogen-bond acceptors (Lipinski definition) is 6. The Balaban J connectivity index is 1.29. The monoisotopic (exact) mass is 442 g/mol. The fourth-order valence-electron chi connectivity index (χ4n) is 3.38. The third-order valence-electron chi connectivity index (χ3n) is 5.15. The fourth-order valence-corrected chi connectivity index (χ4v) is 3.38. The molecule has 2 amide bonds. The topological polar surface area (TPSA) is 126 Å². The van der Waals surface area contributed by atoms with E-state index in [2.05, 4.69) is 36.2 Å². The van der Waals surface area contributed by atoms with Gasteiger partial charge in [-0.2, -0.15) is 15.4 Å². The first-order valence-corrected chi connectivity index (χ1v) is 10.4. The molecule has 5 aromatic rings. The van der Waals surface area contributed by atoms with E-state index in [1.165, 1.54) is 0 Å². The number of aromatic amines is 1. The van der Waals surface area contributed by atoms with Gasteiger partial charge in [0.25, 0.3) is 0 Å². The molecule has 0 saturated heterocycles. The van der Waals surface area contributed by atoms with Crippen LogP contribution < -0.4 is 10.6 Å². The summed E-state index contributed by atoms with van der Waals surface area (Å²) in [5.74, 6) is 1.06. The highest BCUT2D eigenvalue weighted by molar-refractivity contribution is 5.99. The number of fused-ring (bicyclic) bond motifs is 1. The Labute approximate surface area is 189 Å². The number of carbonyl (C=O) groups excluding carboxylic acids is 1. The smallest absolute Gasteiger partial charge is 0.324 e. The highest BCUT2D eigenvalue weighted by Crippen LogP contribution is 2.26. The molecule has 0 bridgehead atoms. The number of benzene rings is 1. The molecular weight excluding hydrogens is 420 g/mol. The maximum atomic E-state index is 12.3. The van der Waals surface area contributed by atoms with Crippen LogP contribution in [0.2, 0.25) is 0 Å². The zero-order valence-corrected chi connectivity index (χ0v) is 18.3. The zero-order chi connectivity index (χ0) is 23.0. The van der Waals surface area contributed by atoms with Crippen LogP contribution in [0, 0.1) is 0 Å². The molecule has 10 heteroatoms. The van der Waals surface area contributed by atoms with Crippen molar-refractivity contribution in [3.63, 3.8) is 0 Å². The van der Waals surface area contributed by atoms with Crippen molar-refractivity contribution in [3.05, 3.63) is 66.8 Å². The molecular formula is C23H22N8O2. The molecule has 5 rings (SSSR count). The molecule has 0 aliphatic rings. The number of H-pyrrole nitrogens is 1. The fraction of sp³-hybridized carbons (Fsp3) is 0.174. The van der Waals surface area contributed by atoms with Crippen molar-refractivity contribution < 1.29 is 9.32 Å². The van der Waals surface area contributed by atoms with Crippen LogP contribution in [-0.2, 0) is 5.41 Å². The van der Waals surface area contributed by atoms with Gasteiger partial charge in [0.15, 0.2) is 5.82 Å². The lowest BCUT2D eigenvalue weighted by Gasteiger charge is -2.12. The summed E-state index contributed by atoms with van der Waals surface area (Å²) in [6.45, 7) is 6.04. The van der Waals surface area contributed by atoms with E-state index in [1.807, 2.05) is 74.0 Å². The minimum atomic E-state index is -0.397. The van der Waals surface area contributed by atoms with E-state index in [0.29, 0.717) is 17.3 Å². The summed E-state index contributed by atoms with van der Waals surface area (Å²) in [7, 11) is 0. The van der Waals surface area contributed by atoms with Gasteiger partial charge >= 0.3 is 6.03 Å². The van der Waals surface area contributed by atoms with E-state index in [0.717, 1.165) is 28.2 Å². The van der Waals surface area contributed by atoms with Crippen LogP contribution in [0.5, 0.6) is 0 Å². The third kappa shape index (κ3) is 4.18. The molecule has 0 fully saturated rings. The number of pyridine rings is 1. The van der Waals surface area contributed by atoms with Crippen molar-refractivity contribution in [1.82, 2.24) is 30.0 Å². The van der Waals surface area contributed by atoms with Crippen molar-refractivity contribution in [2.45, 2.75) is 26.2 Å². The van der Waals surface area contributed by atoms with E-state index < -0.39 is 6.03 Å². The van der Waals surface area contributed by atoms with Gasteiger partial charge < -0.3 is 9.84 Å². The molecule has 0 aliphatic heterocycles. The van der Waals surface area contributed by atoms with E-state index in [1.54, 1.807) is 12.3 Å². The maximum absolute atomic E-state index is 12.3. The predicted octanol–water partition coefficient (Wildman–Crippen LogP) is 4.72. The molecule has 0 unspecified atom stereocenters. The second kappa shape index (κ2) is 7.90. The van der Waals surface area contributed by atoms with Crippen molar-refractivity contribution in [2.75, 3.05) is 10.6 Å². The van der Waals surface area contributed by atoms with E-state index in [4.69, 9.17) is 4.52 Å². The van der Waals surface area contributed by atoms with Crippen LogP contribution in [0.15, 0.2) is 65.6 Å². The lowest BCUT2D eigenvalue weighted by Crippen LogP contribution is -2.19. The van der Waals surface area contributed by atoms with Gasteiger partial charge in [-0.1, -0.05) is 38.1 Å². The molecule has 4 heterocycles. The van der Waals surface area contributed by atoms with Gasteiger partial charge in [-0.25, -0.2) is 9.78 Å². The standard InChI is InChI=1S/C23H22N8O2/c1-23(2,3)19-11-20(29-33-19)27-22(32)26-16-6-4-14(5-7-16)18-13-24-21-10-15(8-9-31(18)21)17-12-25-30-28-17/h4-13H,1-3H3,(H,25,28,30)(H2,26,27,29,32). The summed E-state index contributed by atoms with van der Waals surface area (Å²) in [5, 5.41) is 20.0. The van der Waals surface area contributed by atoms with E-state index >= 15 is 0 Å². The summed E-state index contributed by atoms with van der Waals surface area (Å²) in [4.78, 5) is 16.8.